The van der Waals surface area contributed by atoms with Gasteiger partial charge in [-0.05, 0) is 39.2 Å². The summed E-state index contributed by atoms with van der Waals surface area (Å²) in [4.78, 5) is 11.5. The molecule has 1 aliphatic heterocycles. The second kappa shape index (κ2) is 7.59. The maximum atomic E-state index is 5.56. The fourth-order valence-corrected chi connectivity index (χ4v) is 2.74. The molecule has 5 nitrogen and oxygen atoms in total. The van der Waals surface area contributed by atoms with Gasteiger partial charge in [-0.2, -0.15) is 4.98 Å². The maximum absolute atomic E-state index is 5.56. The van der Waals surface area contributed by atoms with E-state index >= 15 is 0 Å². The molecule has 118 valence electrons. The highest BCUT2D eigenvalue weighted by Crippen LogP contribution is 2.18. The summed E-state index contributed by atoms with van der Waals surface area (Å²) >= 11 is 0. The van der Waals surface area contributed by atoms with Gasteiger partial charge in [0.2, 0.25) is 11.8 Å². The Hall–Kier alpha value is -1.36. The third-order valence-electron chi connectivity index (χ3n) is 3.58. The Bertz CT molecular complexity index is 444. The van der Waals surface area contributed by atoms with Crippen LogP contribution in [0.3, 0.4) is 0 Å². The molecule has 0 aromatic carbocycles. The predicted octanol–water partition coefficient (Wildman–Crippen LogP) is 2.40. The normalized spacial score (nSPS) is 18.2. The number of aryl methyl sites for hydroxylation is 1. The molecule has 1 aliphatic rings. The molecule has 0 radical (unpaired) electrons. The predicted molar refractivity (Wildman–Crippen MR) is 86.0 cm³/mol. The van der Waals surface area contributed by atoms with E-state index in [1.807, 2.05) is 19.9 Å². The molecule has 1 unspecified atom stereocenters. The van der Waals surface area contributed by atoms with Crippen LogP contribution in [0.25, 0.3) is 0 Å². The van der Waals surface area contributed by atoms with E-state index in [-0.39, 0.29) is 0 Å². The zero-order valence-electron chi connectivity index (χ0n) is 13.7. The van der Waals surface area contributed by atoms with Crippen molar-refractivity contribution in [3.8, 4) is 5.88 Å². The van der Waals surface area contributed by atoms with Crippen LogP contribution in [0, 0.1) is 12.8 Å². The van der Waals surface area contributed by atoms with Gasteiger partial charge in [-0.15, -0.1) is 0 Å². The molecule has 1 aromatic rings. The minimum Gasteiger partial charge on any atom is -0.478 e. The van der Waals surface area contributed by atoms with Crippen molar-refractivity contribution in [2.45, 2.75) is 46.6 Å². The zero-order chi connectivity index (χ0) is 15.2. The maximum Gasteiger partial charge on any atom is 0.228 e. The smallest absolute Gasteiger partial charge is 0.228 e. The quantitative estimate of drug-likeness (QED) is 0.836. The first-order valence-corrected chi connectivity index (χ1v) is 8.05. The Morgan fingerprint density at radius 1 is 1.43 bits per heavy atom. The Morgan fingerprint density at radius 3 is 2.86 bits per heavy atom. The summed E-state index contributed by atoms with van der Waals surface area (Å²) in [6.45, 7) is 12.1. The van der Waals surface area contributed by atoms with Gasteiger partial charge in [0, 0.05) is 30.9 Å². The Kier molecular flexibility index (Phi) is 5.79. The molecule has 21 heavy (non-hydrogen) atoms. The molecule has 1 atom stereocenters. The lowest BCUT2D eigenvalue weighted by molar-refractivity contribution is 0.325. The number of hydrogen-bond donors (Lipinski definition) is 1. The second-order valence-corrected chi connectivity index (χ2v) is 6.17. The van der Waals surface area contributed by atoms with E-state index in [1.54, 1.807) is 0 Å². The highest BCUT2D eigenvalue weighted by atomic mass is 16.5. The monoisotopic (exact) mass is 292 g/mol. The first kappa shape index (κ1) is 16.0. The van der Waals surface area contributed by atoms with Crippen LogP contribution >= 0.6 is 0 Å². The van der Waals surface area contributed by atoms with Crippen molar-refractivity contribution in [1.29, 1.82) is 0 Å². The van der Waals surface area contributed by atoms with Gasteiger partial charge in [0.25, 0.3) is 0 Å². The summed E-state index contributed by atoms with van der Waals surface area (Å²) in [6, 6.07) is 2.44. The zero-order valence-corrected chi connectivity index (χ0v) is 13.7. The van der Waals surface area contributed by atoms with Crippen molar-refractivity contribution in [3.05, 3.63) is 11.8 Å². The van der Waals surface area contributed by atoms with E-state index in [0.29, 0.717) is 24.4 Å². The van der Waals surface area contributed by atoms with Crippen LogP contribution in [0.5, 0.6) is 5.88 Å². The van der Waals surface area contributed by atoms with Gasteiger partial charge >= 0.3 is 0 Å². The van der Waals surface area contributed by atoms with Crippen LogP contribution < -0.4 is 15.0 Å². The third-order valence-corrected chi connectivity index (χ3v) is 3.58. The second-order valence-electron chi connectivity index (χ2n) is 6.17. The number of hydrogen-bond acceptors (Lipinski definition) is 5. The van der Waals surface area contributed by atoms with Gasteiger partial charge in [0.1, 0.15) is 0 Å². The summed E-state index contributed by atoms with van der Waals surface area (Å²) in [5.41, 5.74) is 0.955. The van der Waals surface area contributed by atoms with E-state index in [4.69, 9.17) is 4.74 Å². The molecule has 1 fully saturated rings. The molecule has 0 amide bonds. The molecule has 0 spiro atoms. The lowest BCUT2D eigenvalue weighted by atomic mass is 10.1. The molecular formula is C16H28N4O. The molecule has 1 saturated heterocycles. The number of aromatic nitrogens is 2. The largest absolute Gasteiger partial charge is 0.478 e. The third kappa shape index (κ3) is 4.84. The summed E-state index contributed by atoms with van der Waals surface area (Å²) in [6.07, 6.45) is 2.50. The number of nitrogens with one attached hydrogen (secondary N) is 1. The van der Waals surface area contributed by atoms with Gasteiger partial charge in [0.15, 0.2) is 0 Å². The highest BCUT2D eigenvalue weighted by Gasteiger charge is 2.21. The topological polar surface area (TPSA) is 50.3 Å². The molecule has 0 bridgehead atoms. The SMILES string of the molecule is CCOc1cc(C)nc(N(CC(C)C)CC2CCCN2)n1. The van der Waals surface area contributed by atoms with Gasteiger partial charge in [0.05, 0.1) is 6.61 Å². The van der Waals surface area contributed by atoms with Gasteiger partial charge in [-0.3, -0.25) is 0 Å². The first-order valence-electron chi connectivity index (χ1n) is 8.05. The van der Waals surface area contributed by atoms with Gasteiger partial charge < -0.3 is 15.0 Å². The van der Waals surface area contributed by atoms with E-state index in [0.717, 1.165) is 31.3 Å². The average molecular weight is 292 g/mol. The summed E-state index contributed by atoms with van der Waals surface area (Å²) < 4.78 is 5.56. The fourth-order valence-electron chi connectivity index (χ4n) is 2.74. The van der Waals surface area contributed by atoms with Gasteiger partial charge in [-0.25, -0.2) is 4.98 Å². The van der Waals surface area contributed by atoms with Crippen LogP contribution in [0.1, 0.15) is 39.3 Å². The van der Waals surface area contributed by atoms with E-state index in [2.05, 4.69) is 34.0 Å². The standard InChI is InChI=1S/C16H28N4O/c1-5-21-15-9-13(4)18-16(19-15)20(10-12(2)3)11-14-7-6-8-17-14/h9,12,14,17H,5-8,10-11H2,1-4H3. The molecular weight excluding hydrogens is 264 g/mol. The van der Waals surface area contributed by atoms with Crippen molar-refractivity contribution >= 4 is 5.95 Å². The Balaban J connectivity index is 2.17. The van der Waals surface area contributed by atoms with Crippen molar-refractivity contribution in [2.24, 2.45) is 5.92 Å². The highest BCUT2D eigenvalue weighted by molar-refractivity contribution is 5.35. The van der Waals surface area contributed by atoms with Crippen LogP contribution in [0.4, 0.5) is 5.95 Å². The van der Waals surface area contributed by atoms with Crippen LogP contribution in [0.15, 0.2) is 6.07 Å². The number of nitrogens with zero attached hydrogens (tertiary/aromatic N) is 3. The Labute approximate surface area is 128 Å². The number of ether oxygens (including phenoxy) is 1. The number of rotatable bonds is 7. The van der Waals surface area contributed by atoms with Gasteiger partial charge in [-0.1, -0.05) is 13.8 Å². The number of anilines is 1. The minimum atomic E-state index is 0.545. The lowest BCUT2D eigenvalue weighted by Gasteiger charge is -2.28. The molecule has 5 heteroatoms. The molecule has 0 saturated carbocycles. The molecule has 2 rings (SSSR count). The van der Waals surface area contributed by atoms with Crippen molar-refractivity contribution in [3.63, 3.8) is 0 Å². The summed E-state index contributed by atoms with van der Waals surface area (Å²) in [7, 11) is 0. The molecule has 1 aromatic heterocycles. The van der Waals surface area contributed by atoms with Crippen molar-refractivity contribution < 1.29 is 4.74 Å². The Morgan fingerprint density at radius 2 is 2.24 bits per heavy atom. The van der Waals surface area contributed by atoms with E-state index < -0.39 is 0 Å². The summed E-state index contributed by atoms with van der Waals surface area (Å²) in [5, 5.41) is 3.56. The average Bonchev–Trinajstić information content (AvgIpc) is 2.90. The van der Waals surface area contributed by atoms with E-state index in [9.17, 15) is 0 Å². The fraction of sp³-hybridized carbons (Fsp3) is 0.750. The minimum absolute atomic E-state index is 0.545. The lowest BCUT2D eigenvalue weighted by Crippen LogP contribution is -2.40. The first-order chi connectivity index (χ1) is 10.1. The van der Waals surface area contributed by atoms with E-state index in [1.165, 1.54) is 12.8 Å². The van der Waals surface area contributed by atoms with Crippen molar-refractivity contribution in [2.75, 3.05) is 31.1 Å². The molecule has 0 aliphatic carbocycles. The summed E-state index contributed by atoms with van der Waals surface area (Å²) in [5.74, 6) is 2.04. The van der Waals surface area contributed by atoms with Crippen LogP contribution in [-0.2, 0) is 0 Å². The van der Waals surface area contributed by atoms with Crippen molar-refractivity contribution in [1.82, 2.24) is 15.3 Å². The molecule has 2 heterocycles. The van der Waals surface area contributed by atoms with Crippen LogP contribution in [-0.4, -0.2) is 42.3 Å². The molecule has 1 N–H and O–H groups in total. The van der Waals surface area contributed by atoms with Crippen LogP contribution in [0.2, 0.25) is 0 Å².